The number of rotatable bonds is 10. The second kappa shape index (κ2) is 14.5. The lowest BCUT2D eigenvalue weighted by Gasteiger charge is -2.35. The summed E-state index contributed by atoms with van der Waals surface area (Å²) in [4.78, 5) is 50.5. The SMILES string of the molecule is C#CCCCNC(=O)c1ccc(C2(O)N=C3N=C(COc4ccc(C5(c6[nH]c7ccccc7c6C)N=C6N=CC=C7c8ccccc8N=C5N76)cc4)C=C4c5ccccc5N=C2N43)cc1. The van der Waals surface area contributed by atoms with E-state index in [1.807, 2.05) is 91.0 Å². The number of unbranched alkanes of at least 4 members (excludes halogenated alkanes) is 1. The van der Waals surface area contributed by atoms with Crippen LogP contribution < -0.4 is 10.1 Å². The summed E-state index contributed by atoms with van der Waals surface area (Å²) >= 11 is 0. The number of guanidine groups is 2. The first-order valence-electron chi connectivity index (χ1n) is 21.4. The molecule has 0 saturated heterocycles. The van der Waals surface area contributed by atoms with Gasteiger partial charge in [0.25, 0.3) is 5.91 Å². The van der Waals surface area contributed by atoms with Crippen molar-refractivity contribution in [1.82, 2.24) is 20.1 Å². The van der Waals surface area contributed by atoms with E-state index in [2.05, 4.69) is 46.2 Å². The molecule has 65 heavy (non-hydrogen) atoms. The highest BCUT2D eigenvalue weighted by Gasteiger charge is 2.54. The van der Waals surface area contributed by atoms with Gasteiger partial charge in [0.05, 0.1) is 34.2 Å². The van der Waals surface area contributed by atoms with Crippen LogP contribution in [0.4, 0.5) is 11.4 Å². The second-order valence-electron chi connectivity index (χ2n) is 16.4. The Kier molecular flexibility index (Phi) is 8.56. The van der Waals surface area contributed by atoms with E-state index in [1.165, 1.54) is 0 Å². The second-order valence-corrected chi connectivity index (χ2v) is 16.4. The number of aromatic amines is 1. The number of benzene rings is 5. The normalized spacial score (nSPS) is 20.5. The Morgan fingerprint density at radius 1 is 0.800 bits per heavy atom. The van der Waals surface area contributed by atoms with Crippen molar-refractivity contribution in [2.75, 3.05) is 13.2 Å². The minimum Gasteiger partial charge on any atom is -0.487 e. The molecular weight excluding hydrogens is 813 g/mol. The van der Waals surface area contributed by atoms with Crippen LogP contribution in [0, 0.1) is 19.3 Å². The Morgan fingerprint density at radius 3 is 2.26 bits per heavy atom. The minimum absolute atomic E-state index is 0.114. The molecule has 2 unspecified atom stereocenters. The van der Waals surface area contributed by atoms with E-state index in [1.54, 1.807) is 35.4 Å². The third kappa shape index (κ3) is 5.81. The fourth-order valence-electron chi connectivity index (χ4n) is 9.43. The van der Waals surface area contributed by atoms with Gasteiger partial charge in [0.2, 0.25) is 17.6 Å². The highest BCUT2D eigenvalue weighted by molar-refractivity contribution is 6.26. The van der Waals surface area contributed by atoms with E-state index >= 15 is 0 Å². The number of amides is 1. The number of nitrogens with zero attached hydrogens (tertiary/aromatic N) is 8. The first-order valence-corrected chi connectivity index (χ1v) is 21.4. The first-order chi connectivity index (χ1) is 31.8. The molecule has 2 atom stereocenters. The summed E-state index contributed by atoms with van der Waals surface area (Å²) in [6, 6.07) is 38.9. The van der Waals surface area contributed by atoms with E-state index in [4.69, 9.17) is 41.1 Å². The number of fused-ring (bicyclic) bond motifs is 5. The van der Waals surface area contributed by atoms with Crippen LogP contribution in [0.5, 0.6) is 5.75 Å². The number of aryl methyl sites for hydroxylation is 1. The molecule has 6 aliphatic heterocycles. The molecule has 0 bridgehead atoms. The molecule has 0 spiro atoms. The lowest BCUT2D eigenvalue weighted by atomic mass is 9.83. The number of hydrogen-bond donors (Lipinski definition) is 3. The van der Waals surface area contributed by atoms with E-state index in [0.29, 0.717) is 59.5 Å². The number of nitrogens with one attached hydrogen (secondary N) is 2. The fraction of sp³-hybridized carbons (Fsp3) is 0.135. The van der Waals surface area contributed by atoms with Crippen LogP contribution in [0.15, 0.2) is 163 Å². The number of terminal acetylenes is 1. The van der Waals surface area contributed by atoms with Gasteiger partial charge in [-0.25, -0.2) is 30.0 Å². The number of allylic oxidation sites excluding steroid dienone is 1. The molecule has 0 fully saturated rings. The standard InChI is InChI=1S/C52H38N10O3/c1-3-4-11-27-53-46(63)32-18-20-34(21-19-32)52(64)48-58-42-17-10-7-14-39(42)44-29-35(55-50(60-52)62(44)48)30-65-36-24-22-33(23-25-36)51(45-31(2)37-12-5-8-15-40(37)56-45)47-57-41-16-9-6-13-38(41)43-26-28-54-49(59-51)61(43)47/h1,5-10,12-26,28-29,56,64H,4,11,27,30H2,2H3,(H,53,63). The Labute approximate surface area is 373 Å². The van der Waals surface area contributed by atoms with Crippen LogP contribution in [0.3, 0.4) is 0 Å². The Bertz CT molecular complexity index is 3350. The summed E-state index contributed by atoms with van der Waals surface area (Å²) in [5.41, 5.74) is 7.63. The van der Waals surface area contributed by atoms with E-state index in [-0.39, 0.29) is 18.5 Å². The van der Waals surface area contributed by atoms with Crippen LogP contribution in [0.1, 0.15) is 56.7 Å². The third-order valence-corrected chi connectivity index (χ3v) is 12.6. The largest absolute Gasteiger partial charge is 0.487 e. The smallest absolute Gasteiger partial charge is 0.251 e. The number of ether oxygens (including phenoxy) is 1. The topological polar surface area (TPSA) is 155 Å². The number of aliphatic imine (C=N–C) groups is 6. The number of amidine groups is 2. The Hall–Kier alpha value is -8.47. The maximum atomic E-state index is 12.8. The average Bonchev–Trinajstić information content (AvgIpc) is 3.97. The molecule has 0 saturated carbocycles. The quantitative estimate of drug-likeness (QED) is 0.0938. The average molecular weight is 851 g/mol. The molecule has 7 heterocycles. The highest BCUT2D eigenvalue weighted by Crippen LogP contribution is 2.50. The molecule has 1 aromatic heterocycles. The summed E-state index contributed by atoms with van der Waals surface area (Å²) in [5, 5.41) is 16.4. The maximum absolute atomic E-state index is 12.8. The van der Waals surface area contributed by atoms with E-state index < -0.39 is 11.3 Å². The van der Waals surface area contributed by atoms with Crippen molar-refractivity contribution in [3.63, 3.8) is 0 Å². The van der Waals surface area contributed by atoms with Crippen molar-refractivity contribution >= 4 is 75.1 Å². The van der Waals surface area contributed by atoms with Gasteiger partial charge in [-0.3, -0.25) is 14.6 Å². The van der Waals surface area contributed by atoms with Gasteiger partial charge < -0.3 is 20.1 Å². The maximum Gasteiger partial charge on any atom is 0.251 e. The van der Waals surface area contributed by atoms with Gasteiger partial charge in [0, 0.05) is 52.3 Å². The van der Waals surface area contributed by atoms with E-state index in [9.17, 15) is 9.90 Å². The van der Waals surface area contributed by atoms with Crippen LogP contribution >= 0.6 is 0 Å². The number of para-hydroxylation sites is 3. The lowest BCUT2D eigenvalue weighted by molar-refractivity contribution is 0.0952. The van der Waals surface area contributed by atoms with Crippen LogP contribution in [0.25, 0.3) is 22.3 Å². The number of aliphatic hydroxyl groups is 1. The molecule has 12 rings (SSSR count). The van der Waals surface area contributed by atoms with Gasteiger partial charge in [0.1, 0.15) is 12.4 Å². The van der Waals surface area contributed by atoms with Crippen molar-refractivity contribution in [3.05, 3.63) is 173 Å². The molecule has 5 aromatic carbocycles. The zero-order valence-electron chi connectivity index (χ0n) is 35.0. The third-order valence-electron chi connectivity index (χ3n) is 12.6. The minimum atomic E-state index is -1.87. The summed E-state index contributed by atoms with van der Waals surface area (Å²) in [5.74, 6) is 4.86. The summed E-state index contributed by atoms with van der Waals surface area (Å²) in [6.07, 6.45) is 12.4. The lowest BCUT2D eigenvalue weighted by Crippen LogP contribution is -2.43. The van der Waals surface area contributed by atoms with Crippen LogP contribution in [0.2, 0.25) is 0 Å². The first kappa shape index (κ1) is 38.2. The molecule has 3 N–H and O–H groups in total. The number of aromatic nitrogens is 1. The van der Waals surface area contributed by atoms with Crippen molar-refractivity contribution in [1.29, 1.82) is 0 Å². The zero-order valence-corrected chi connectivity index (χ0v) is 35.0. The van der Waals surface area contributed by atoms with Gasteiger partial charge in [-0.1, -0.05) is 78.9 Å². The molecule has 0 radical (unpaired) electrons. The van der Waals surface area contributed by atoms with Crippen molar-refractivity contribution < 1.29 is 14.6 Å². The highest BCUT2D eigenvalue weighted by atomic mass is 16.5. The van der Waals surface area contributed by atoms with Gasteiger partial charge >= 0.3 is 0 Å². The summed E-state index contributed by atoms with van der Waals surface area (Å²) in [7, 11) is 0. The fourth-order valence-corrected chi connectivity index (χ4v) is 9.43. The predicted molar refractivity (Wildman–Crippen MR) is 254 cm³/mol. The van der Waals surface area contributed by atoms with Crippen LogP contribution in [-0.2, 0) is 11.3 Å². The van der Waals surface area contributed by atoms with Gasteiger partial charge in [-0.15, -0.1) is 12.3 Å². The molecule has 13 nitrogen and oxygen atoms in total. The van der Waals surface area contributed by atoms with Gasteiger partial charge in [0.15, 0.2) is 17.2 Å². The molecule has 6 aliphatic rings. The molecule has 314 valence electrons. The molecule has 1 amide bonds. The summed E-state index contributed by atoms with van der Waals surface area (Å²) < 4.78 is 6.48. The monoisotopic (exact) mass is 850 g/mol. The number of carbonyl (C=O) groups is 1. The number of hydrogen-bond acceptors (Lipinski definition) is 11. The van der Waals surface area contributed by atoms with Crippen LogP contribution in [-0.4, -0.2) is 74.5 Å². The van der Waals surface area contributed by atoms with Crippen molar-refractivity contribution in [3.8, 4) is 18.1 Å². The van der Waals surface area contributed by atoms with Crippen molar-refractivity contribution in [2.45, 2.75) is 31.0 Å². The number of carbonyl (C=O) groups excluding carboxylic acids is 1. The zero-order chi connectivity index (χ0) is 43.9. The van der Waals surface area contributed by atoms with Gasteiger partial charge in [-0.2, -0.15) is 0 Å². The molecular formula is C52H38N10O3. The molecule has 13 heteroatoms. The predicted octanol–water partition coefficient (Wildman–Crippen LogP) is 8.14. The number of H-pyrrole nitrogens is 1. The molecule has 0 aliphatic carbocycles. The molecule has 6 aromatic rings. The Balaban J connectivity index is 0.876. The van der Waals surface area contributed by atoms with Crippen molar-refractivity contribution in [2.24, 2.45) is 30.0 Å². The Morgan fingerprint density at radius 2 is 1.49 bits per heavy atom. The summed E-state index contributed by atoms with van der Waals surface area (Å²) in [6.45, 7) is 2.71. The van der Waals surface area contributed by atoms with Gasteiger partial charge in [-0.05, 0) is 79.1 Å². The van der Waals surface area contributed by atoms with E-state index in [0.717, 1.165) is 61.8 Å².